The summed E-state index contributed by atoms with van der Waals surface area (Å²) in [5, 5.41) is 0. The van der Waals surface area contributed by atoms with Crippen molar-refractivity contribution in [2.45, 2.75) is 32.2 Å². The number of amides is 2. The van der Waals surface area contributed by atoms with Gasteiger partial charge < -0.3 is 14.5 Å². The average Bonchev–Trinajstić information content (AvgIpc) is 3.10. The summed E-state index contributed by atoms with van der Waals surface area (Å²) in [6.07, 6.45) is 0. The van der Waals surface area contributed by atoms with Gasteiger partial charge in [-0.25, -0.2) is 0 Å². The number of rotatable bonds is 2. The fourth-order valence-corrected chi connectivity index (χ4v) is 4.27. The van der Waals surface area contributed by atoms with Crippen LogP contribution >= 0.6 is 11.8 Å². The molecule has 2 saturated heterocycles. The van der Waals surface area contributed by atoms with E-state index in [1.807, 2.05) is 29.2 Å². The lowest BCUT2D eigenvalue weighted by Gasteiger charge is -2.32. The van der Waals surface area contributed by atoms with E-state index < -0.39 is 0 Å². The standard InChI is InChI=1S/C19H26N2O3S/c1-19(2,3)15-6-4-14(5-7-15)17(22)21-13-25-12-16(21)18(23)20-8-10-24-11-9-20/h4-7,16H,8-13H2,1-3H3. The maximum atomic E-state index is 12.9. The highest BCUT2D eigenvalue weighted by Crippen LogP contribution is 2.27. The number of nitrogens with zero attached hydrogens (tertiary/aromatic N) is 2. The van der Waals surface area contributed by atoms with E-state index >= 15 is 0 Å². The summed E-state index contributed by atoms with van der Waals surface area (Å²) in [6, 6.07) is 7.41. The summed E-state index contributed by atoms with van der Waals surface area (Å²) in [5.41, 5.74) is 1.90. The highest BCUT2D eigenvalue weighted by molar-refractivity contribution is 7.99. The van der Waals surface area contributed by atoms with Crippen LogP contribution in [-0.4, -0.2) is 65.6 Å². The Morgan fingerprint density at radius 2 is 1.76 bits per heavy atom. The van der Waals surface area contributed by atoms with Gasteiger partial charge in [0.2, 0.25) is 5.91 Å². The smallest absolute Gasteiger partial charge is 0.255 e. The van der Waals surface area contributed by atoms with Gasteiger partial charge in [-0.1, -0.05) is 32.9 Å². The zero-order chi connectivity index (χ0) is 18.0. The van der Waals surface area contributed by atoms with Crippen molar-refractivity contribution in [3.8, 4) is 0 Å². The highest BCUT2D eigenvalue weighted by Gasteiger charge is 2.37. The Kier molecular flexibility index (Phi) is 5.39. The molecule has 5 nitrogen and oxygen atoms in total. The second-order valence-corrected chi connectivity index (χ2v) is 8.56. The fraction of sp³-hybridized carbons (Fsp3) is 0.579. The molecule has 2 aliphatic rings. The number of benzene rings is 1. The topological polar surface area (TPSA) is 49.9 Å². The van der Waals surface area contributed by atoms with Crippen molar-refractivity contribution in [3.05, 3.63) is 35.4 Å². The Balaban J connectivity index is 1.73. The van der Waals surface area contributed by atoms with Crippen LogP contribution < -0.4 is 0 Å². The molecular formula is C19H26N2O3S. The molecule has 1 unspecified atom stereocenters. The molecule has 0 N–H and O–H groups in total. The monoisotopic (exact) mass is 362 g/mol. The normalized spacial score (nSPS) is 21.5. The summed E-state index contributed by atoms with van der Waals surface area (Å²) < 4.78 is 5.32. The van der Waals surface area contributed by atoms with Crippen molar-refractivity contribution in [3.63, 3.8) is 0 Å². The van der Waals surface area contributed by atoms with E-state index in [9.17, 15) is 9.59 Å². The molecule has 0 aliphatic carbocycles. The van der Waals surface area contributed by atoms with E-state index in [-0.39, 0.29) is 23.3 Å². The third-order valence-electron chi connectivity index (χ3n) is 4.75. The van der Waals surface area contributed by atoms with E-state index in [1.54, 1.807) is 16.7 Å². The van der Waals surface area contributed by atoms with E-state index in [0.29, 0.717) is 43.5 Å². The molecule has 0 radical (unpaired) electrons. The molecule has 0 saturated carbocycles. The largest absolute Gasteiger partial charge is 0.378 e. The van der Waals surface area contributed by atoms with E-state index in [0.717, 1.165) is 0 Å². The van der Waals surface area contributed by atoms with Crippen LogP contribution in [0.3, 0.4) is 0 Å². The van der Waals surface area contributed by atoms with E-state index in [2.05, 4.69) is 20.8 Å². The second-order valence-electron chi connectivity index (χ2n) is 7.56. The Labute approximate surface area is 153 Å². The highest BCUT2D eigenvalue weighted by atomic mass is 32.2. The van der Waals surface area contributed by atoms with Gasteiger partial charge in [0, 0.05) is 24.4 Å². The average molecular weight is 362 g/mol. The van der Waals surface area contributed by atoms with Crippen molar-refractivity contribution in [2.75, 3.05) is 37.9 Å². The number of carbonyl (C=O) groups is 2. The first-order valence-electron chi connectivity index (χ1n) is 8.74. The fourth-order valence-electron chi connectivity index (χ4n) is 3.12. The van der Waals surface area contributed by atoms with E-state index in [1.165, 1.54) is 5.56 Å². The lowest BCUT2D eigenvalue weighted by atomic mass is 9.86. The van der Waals surface area contributed by atoms with Crippen molar-refractivity contribution in [1.82, 2.24) is 9.80 Å². The predicted octanol–water partition coefficient (Wildman–Crippen LogP) is 2.36. The van der Waals surface area contributed by atoms with Gasteiger partial charge in [-0.2, -0.15) is 0 Å². The molecule has 0 aromatic heterocycles. The maximum absolute atomic E-state index is 12.9. The van der Waals surface area contributed by atoms with Gasteiger partial charge in [0.15, 0.2) is 0 Å². The zero-order valence-electron chi connectivity index (χ0n) is 15.2. The van der Waals surface area contributed by atoms with Gasteiger partial charge >= 0.3 is 0 Å². The lowest BCUT2D eigenvalue weighted by Crippen LogP contribution is -2.52. The van der Waals surface area contributed by atoms with Gasteiger partial charge in [-0.15, -0.1) is 11.8 Å². The number of thioether (sulfide) groups is 1. The van der Waals surface area contributed by atoms with Crippen LogP contribution in [0, 0.1) is 0 Å². The summed E-state index contributed by atoms with van der Waals surface area (Å²) in [6.45, 7) is 8.83. The molecule has 2 amide bonds. The number of ether oxygens (including phenoxy) is 1. The van der Waals surface area contributed by atoms with Crippen LogP contribution in [0.1, 0.15) is 36.7 Å². The third-order valence-corrected chi connectivity index (χ3v) is 5.76. The van der Waals surface area contributed by atoms with Crippen molar-refractivity contribution >= 4 is 23.6 Å². The molecule has 1 aromatic carbocycles. The molecular weight excluding hydrogens is 336 g/mol. The van der Waals surface area contributed by atoms with Crippen LogP contribution in [0.4, 0.5) is 0 Å². The van der Waals surface area contributed by atoms with Gasteiger partial charge in [0.1, 0.15) is 6.04 Å². The van der Waals surface area contributed by atoms with Gasteiger partial charge in [0.25, 0.3) is 5.91 Å². The van der Waals surface area contributed by atoms with Crippen LogP contribution in [-0.2, 0) is 14.9 Å². The summed E-state index contributed by atoms with van der Waals surface area (Å²) in [4.78, 5) is 29.3. The van der Waals surface area contributed by atoms with Crippen LogP contribution in [0.25, 0.3) is 0 Å². The lowest BCUT2D eigenvalue weighted by molar-refractivity contribution is -0.138. The van der Waals surface area contributed by atoms with Crippen LogP contribution in [0.5, 0.6) is 0 Å². The van der Waals surface area contributed by atoms with E-state index in [4.69, 9.17) is 4.74 Å². The number of hydrogen-bond acceptors (Lipinski definition) is 4. The molecule has 2 aliphatic heterocycles. The Morgan fingerprint density at radius 3 is 2.36 bits per heavy atom. The zero-order valence-corrected chi connectivity index (χ0v) is 16.0. The first kappa shape index (κ1) is 18.3. The molecule has 2 fully saturated rings. The van der Waals surface area contributed by atoms with Crippen molar-refractivity contribution in [2.24, 2.45) is 0 Å². The number of morpholine rings is 1. The number of hydrogen-bond donors (Lipinski definition) is 0. The van der Waals surface area contributed by atoms with Crippen LogP contribution in [0.15, 0.2) is 24.3 Å². The van der Waals surface area contributed by atoms with Gasteiger partial charge in [-0.05, 0) is 23.1 Å². The second kappa shape index (κ2) is 7.38. The maximum Gasteiger partial charge on any atom is 0.255 e. The van der Waals surface area contributed by atoms with Gasteiger partial charge in [0.05, 0.1) is 19.1 Å². The number of carbonyl (C=O) groups excluding carboxylic acids is 2. The minimum Gasteiger partial charge on any atom is -0.378 e. The molecule has 1 atom stereocenters. The third kappa shape index (κ3) is 4.01. The first-order chi connectivity index (χ1) is 11.9. The molecule has 1 aromatic rings. The van der Waals surface area contributed by atoms with Crippen molar-refractivity contribution in [1.29, 1.82) is 0 Å². The molecule has 136 valence electrons. The molecule has 3 rings (SSSR count). The minimum absolute atomic E-state index is 0.0490. The summed E-state index contributed by atoms with van der Waals surface area (Å²) >= 11 is 1.64. The van der Waals surface area contributed by atoms with Gasteiger partial charge in [-0.3, -0.25) is 9.59 Å². The molecule has 0 bridgehead atoms. The summed E-state index contributed by atoms with van der Waals surface area (Å²) in [7, 11) is 0. The molecule has 25 heavy (non-hydrogen) atoms. The predicted molar refractivity (Wildman–Crippen MR) is 99.8 cm³/mol. The van der Waals surface area contributed by atoms with Crippen LogP contribution in [0.2, 0.25) is 0 Å². The first-order valence-corrected chi connectivity index (χ1v) is 9.89. The molecule has 0 spiro atoms. The Bertz CT molecular complexity index is 633. The Morgan fingerprint density at radius 1 is 1.12 bits per heavy atom. The quantitative estimate of drug-likeness (QED) is 0.810. The molecule has 2 heterocycles. The molecule has 6 heteroatoms. The SMILES string of the molecule is CC(C)(C)c1ccc(C(=O)N2CSCC2C(=O)N2CCOCC2)cc1. The minimum atomic E-state index is -0.363. The van der Waals surface area contributed by atoms with Crippen molar-refractivity contribution < 1.29 is 14.3 Å². The Hall–Kier alpha value is -1.53. The summed E-state index contributed by atoms with van der Waals surface area (Å²) in [5.74, 6) is 1.23.